The van der Waals surface area contributed by atoms with E-state index in [0.717, 1.165) is 21.2 Å². The predicted molar refractivity (Wildman–Crippen MR) is 85.1 cm³/mol. The lowest BCUT2D eigenvalue weighted by atomic mass is 9.95. The minimum absolute atomic E-state index is 0.556. The molecular formula is C16H18BrNO2. The molecule has 0 aliphatic rings. The number of ether oxygens (including phenoxy) is 1. The Morgan fingerprint density at radius 1 is 1.15 bits per heavy atom. The molecule has 0 radical (unpaired) electrons. The summed E-state index contributed by atoms with van der Waals surface area (Å²) in [5.41, 5.74) is 10.1. The second-order valence-electron chi connectivity index (χ2n) is 4.81. The van der Waals surface area contributed by atoms with E-state index in [-0.39, 0.29) is 0 Å². The van der Waals surface area contributed by atoms with Crippen LogP contribution in [-0.2, 0) is 0 Å². The molecule has 0 spiro atoms. The Morgan fingerprint density at radius 3 is 2.50 bits per heavy atom. The molecule has 0 saturated heterocycles. The lowest BCUT2D eigenvalue weighted by Gasteiger charge is -2.19. The number of hydrogen-bond donors (Lipinski definition) is 2. The van der Waals surface area contributed by atoms with Gasteiger partial charge in [0.2, 0.25) is 0 Å². The predicted octanol–water partition coefficient (Wildman–Crippen LogP) is 3.74. The maximum Gasteiger partial charge on any atom is 0.128 e. The third kappa shape index (κ3) is 2.67. The zero-order valence-corrected chi connectivity index (χ0v) is 13.4. The highest BCUT2D eigenvalue weighted by atomic mass is 79.9. The Morgan fingerprint density at radius 2 is 1.85 bits per heavy atom. The molecular weight excluding hydrogens is 318 g/mol. The average molecular weight is 336 g/mol. The van der Waals surface area contributed by atoms with Crippen LogP contribution in [-0.4, -0.2) is 12.2 Å². The number of nitrogen functional groups attached to an aromatic ring is 1. The van der Waals surface area contributed by atoms with Crippen LogP contribution >= 0.6 is 15.9 Å². The Kier molecular flexibility index (Phi) is 4.35. The highest BCUT2D eigenvalue weighted by Crippen LogP contribution is 2.36. The number of hydrogen-bond acceptors (Lipinski definition) is 3. The van der Waals surface area contributed by atoms with E-state index in [9.17, 15) is 5.11 Å². The summed E-state index contributed by atoms with van der Waals surface area (Å²) in [5.74, 6) is 0.705. The molecule has 0 amide bonds. The van der Waals surface area contributed by atoms with E-state index in [0.29, 0.717) is 17.0 Å². The molecule has 0 aromatic heterocycles. The fourth-order valence-corrected chi connectivity index (χ4v) is 2.63. The van der Waals surface area contributed by atoms with Crippen molar-refractivity contribution in [2.45, 2.75) is 20.0 Å². The van der Waals surface area contributed by atoms with E-state index in [2.05, 4.69) is 15.9 Å². The summed E-state index contributed by atoms with van der Waals surface area (Å²) < 4.78 is 6.34. The van der Waals surface area contributed by atoms with Gasteiger partial charge in [0.1, 0.15) is 11.9 Å². The molecule has 2 aromatic rings. The molecule has 0 bridgehead atoms. The maximum absolute atomic E-state index is 10.6. The molecule has 1 unspecified atom stereocenters. The molecule has 4 heteroatoms. The van der Waals surface area contributed by atoms with Crippen molar-refractivity contribution in [2.24, 2.45) is 0 Å². The third-order valence-corrected chi connectivity index (χ3v) is 4.04. The fourth-order valence-electron chi connectivity index (χ4n) is 2.25. The highest BCUT2D eigenvalue weighted by Gasteiger charge is 2.20. The van der Waals surface area contributed by atoms with Gasteiger partial charge in [-0.05, 0) is 43.2 Å². The van der Waals surface area contributed by atoms with E-state index in [1.807, 2.05) is 38.1 Å². The first-order chi connectivity index (χ1) is 9.45. The molecule has 1 atom stereocenters. The van der Waals surface area contributed by atoms with E-state index >= 15 is 0 Å². The smallest absolute Gasteiger partial charge is 0.128 e. The SMILES string of the molecule is COc1c(C(O)c2cc(Br)ccc2N)ccc(C)c1C. The Labute approximate surface area is 127 Å². The number of anilines is 1. The Hall–Kier alpha value is -1.52. The van der Waals surface area contributed by atoms with E-state index < -0.39 is 6.10 Å². The van der Waals surface area contributed by atoms with Gasteiger partial charge < -0.3 is 15.6 Å². The lowest BCUT2D eigenvalue weighted by Crippen LogP contribution is -2.07. The fraction of sp³-hybridized carbons (Fsp3) is 0.250. The quantitative estimate of drug-likeness (QED) is 0.840. The van der Waals surface area contributed by atoms with Crippen molar-refractivity contribution in [3.63, 3.8) is 0 Å². The maximum atomic E-state index is 10.6. The van der Waals surface area contributed by atoms with Gasteiger partial charge in [0.15, 0.2) is 0 Å². The summed E-state index contributed by atoms with van der Waals surface area (Å²) in [5, 5.41) is 10.6. The first-order valence-corrected chi connectivity index (χ1v) is 7.12. The van der Waals surface area contributed by atoms with Crippen molar-refractivity contribution in [1.82, 2.24) is 0 Å². The minimum Gasteiger partial charge on any atom is -0.496 e. The van der Waals surface area contributed by atoms with Crippen LogP contribution in [0.25, 0.3) is 0 Å². The normalized spacial score (nSPS) is 12.2. The van der Waals surface area contributed by atoms with Gasteiger partial charge in [0.05, 0.1) is 7.11 Å². The van der Waals surface area contributed by atoms with Gasteiger partial charge in [-0.25, -0.2) is 0 Å². The summed E-state index contributed by atoms with van der Waals surface area (Å²) in [6.45, 7) is 4.00. The van der Waals surface area contributed by atoms with Crippen molar-refractivity contribution < 1.29 is 9.84 Å². The van der Waals surface area contributed by atoms with Crippen LogP contribution in [0.15, 0.2) is 34.8 Å². The Balaban J connectivity index is 2.56. The number of aliphatic hydroxyl groups is 1. The molecule has 2 rings (SSSR count). The minimum atomic E-state index is -0.818. The van der Waals surface area contributed by atoms with Gasteiger partial charge in [-0.15, -0.1) is 0 Å². The number of rotatable bonds is 3. The summed E-state index contributed by atoms with van der Waals surface area (Å²) in [7, 11) is 1.61. The van der Waals surface area contributed by atoms with Crippen LogP contribution < -0.4 is 10.5 Å². The number of aryl methyl sites for hydroxylation is 1. The largest absolute Gasteiger partial charge is 0.496 e. The summed E-state index contributed by atoms with van der Waals surface area (Å²) in [6.07, 6.45) is -0.818. The standard InChI is InChI=1S/C16H18BrNO2/c1-9-4-6-12(16(20-3)10(9)2)15(19)13-8-11(17)5-7-14(13)18/h4-8,15,19H,18H2,1-3H3. The number of benzene rings is 2. The summed E-state index contributed by atoms with van der Waals surface area (Å²) in [4.78, 5) is 0. The molecule has 0 heterocycles. The molecule has 2 aromatic carbocycles. The van der Waals surface area contributed by atoms with Crippen LogP contribution in [0.4, 0.5) is 5.69 Å². The summed E-state index contributed by atoms with van der Waals surface area (Å²) in [6, 6.07) is 9.31. The molecule has 20 heavy (non-hydrogen) atoms. The Bertz CT molecular complexity index is 641. The monoisotopic (exact) mass is 335 g/mol. The number of aliphatic hydroxyl groups excluding tert-OH is 1. The topological polar surface area (TPSA) is 55.5 Å². The number of nitrogens with two attached hydrogens (primary N) is 1. The van der Waals surface area contributed by atoms with Crippen molar-refractivity contribution in [3.8, 4) is 5.75 Å². The van der Waals surface area contributed by atoms with Crippen LogP contribution in [0.5, 0.6) is 5.75 Å². The highest BCUT2D eigenvalue weighted by molar-refractivity contribution is 9.10. The van der Waals surface area contributed by atoms with E-state index in [1.165, 1.54) is 0 Å². The van der Waals surface area contributed by atoms with Crippen LogP contribution in [0.3, 0.4) is 0 Å². The van der Waals surface area contributed by atoms with Crippen molar-refractivity contribution in [2.75, 3.05) is 12.8 Å². The van der Waals surface area contributed by atoms with Crippen molar-refractivity contribution >= 4 is 21.6 Å². The van der Waals surface area contributed by atoms with Crippen LogP contribution in [0, 0.1) is 13.8 Å². The van der Waals surface area contributed by atoms with E-state index in [1.54, 1.807) is 13.2 Å². The first kappa shape index (κ1) is 14.9. The van der Waals surface area contributed by atoms with Crippen molar-refractivity contribution in [1.29, 1.82) is 0 Å². The van der Waals surface area contributed by atoms with Gasteiger partial charge in [-0.3, -0.25) is 0 Å². The zero-order chi connectivity index (χ0) is 14.9. The number of halogens is 1. The molecule has 0 saturated carbocycles. The van der Waals surface area contributed by atoms with Crippen LogP contribution in [0.2, 0.25) is 0 Å². The van der Waals surface area contributed by atoms with Gasteiger partial charge in [0, 0.05) is 21.3 Å². The lowest BCUT2D eigenvalue weighted by molar-refractivity contribution is 0.215. The third-order valence-electron chi connectivity index (χ3n) is 3.55. The molecule has 0 aliphatic carbocycles. The second-order valence-corrected chi connectivity index (χ2v) is 5.72. The van der Waals surface area contributed by atoms with Gasteiger partial charge >= 0.3 is 0 Å². The van der Waals surface area contributed by atoms with Crippen molar-refractivity contribution in [3.05, 3.63) is 57.1 Å². The van der Waals surface area contributed by atoms with Gasteiger partial charge in [0.25, 0.3) is 0 Å². The van der Waals surface area contributed by atoms with Gasteiger partial charge in [-0.1, -0.05) is 28.1 Å². The van der Waals surface area contributed by atoms with E-state index in [4.69, 9.17) is 10.5 Å². The van der Waals surface area contributed by atoms with Gasteiger partial charge in [-0.2, -0.15) is 0 Å². The number of methoxy groups -OCH3 is 1. The first-order valence-electron chi connectivity index (χ1n) is 6.32. The molecule has 0 aliphatic heterocycles. The zero-order valence-electron chi connectivity index (χ0n) is 11.8. The second kappa shape index (κ2) is 5.85. The summed E-state index contributed by atoms with van der Waals surface area (Å²) >= 11 is 3.40. The molecule has 3 N–H and O–H groups in total. The molecule has 3 nitrogen and oxygen atoms in total. The average Bonchev–Trinajstić information content (AvgIpc) is 2.43. The van der Waals surface area contributed by atoms with Crippen LogP contribution in [0.1, 0.15) is 28.4 Å². The molecule has 106 valence electrons. The molecule has 0 fully saturated rings.